The number of imidazole rings is 1. The van der Waals surface area contributed by atoms with Crippen molar-refractivity contribution in [2.45, 2.75) is 13.3 Å². The number of aromatic nitrogens is 6. The molecule has 0 atom stereocenters. The monoisotopic (exact) mass is 449 g/mol. The van der Waals surface area contributed by atoms with Crippen molar-refractivity contribution in [1.29, 1.82) is 0 Å². The molecule has 6 aromatic rings. The van der Waals surface area contributed by atoms with E-state index in [1.165, 1.54) is 0 Å². The van der Waals surface area contributed by atoms with Crippen molar-refractivity contribution >= 4 is 33.5 Å². The van der Waals surface area contributed by atoms with Crippen molar-refractivity contribution in [2.24, 2.45) is 0 Å². The second kappa shape index (κ2) is 7.96. The molecule has 1 aromatic carbocycles. The van der Waals surface area contributed by atoms with Crippen LogP contribution in [0.25, 0.3) is 55.8 Å². The van der Waals surface area contributed by atoms with Crippen LogP contribution in [-0.4, -0.2) is 36.0 Å². The summed E-state index contributed by atoms with van der Waals surface area (Å²) in [5, 5.41) is 11.2. The lowest BCUT2D eigenvalue weighted by molar-refractivity contribution is -0.115. The summed E-state index contributed by atoms with van der Waals surface area (Å²) in [6, 6.07) is 11.7. The number of hydrogen-bond acceptors (Lipinski definition) is 6. The van der Waals surface area contributed by atoms with Gasteiger partial charge in [0.25, 0.3) is 0 Å². The first-order valence-corrected chi connectivity index (χ1v) is 10.8. The topological polar surface area (TPSA) is 125 Å². The molecule has 5 aromatic heterocycles. The Bertz CT molecular complexity index is 1650. The highest BCUT2D eigenvalue weighted by atomic mass is 16.3. The molecule has 6 rings (SSSR count). The van der Waals surface area contributed by atoms with E-state index in [0.717, 1.165) is 38.6 Å². The van der Waals surface area contributed by atoms with E-state index in [0.29, 0.717) is 29.3 Å². The fourth-order valence-corrected chi connectivity index (χ4v) is 3.95. The molecule has 34 heavy (non-hydrogen) atoms. The normalized spacial score (nSPS) is 11.3. The van der Waals surface area contributed by atoms with Crippen molar-refractivity contribution in [1.82, 2.24) is 30.1 Å². The Kier molecular flexibility index (Phi) is 4.65. The SMILES string of the molecule is CCC(=O)Nc1cncc(-c2cc3c(-c4nc5c(-c6ccoc6)cccc5[nH]4)n[nH]c3cn2)c1. The van der Waals surface area contributed by atoms with Crippen LogP contribution in [0.5, 0.6) is 0 Å². The molecule has 0 spiro atoms. The summed E-state index contributed by atoms with van der Waals surface area (Å²) < 4.78 is 5.26. The van der Waals surface area contributed by atoms with Crippen LogP contribution in [0.3, 0.4) is 0 Å². The van der Waals surface area contributed by atoms with Gasteiger partial charge in [-0.15, -0.1) is 0 Å². The third-order valence-electron chi connectivity index (χ3n) is 5.66. The van der Waals surface area contributed by atoms with Gasteiger partial charge in [-0.05, 0) is 24.3 Å². The van der Waals surface area contributed by atoms with E-state index in [2.05, 4.69) is 30.5 Å². The first-order chi connectivity index (χ1) is 16.7. The number of fused-ring (bicyclic) bond motifs is 2. The molecule has 5 heterocycles. The van der Waals surface area contributed by atoms with Crippen LogP contribution in [0.2, 0.25) is 0 Å². The molecule has 166 valence electrons. The summed E-state index contributed by atoms with van der Waals surface area (Å²) in [5.41, 5.74) is 7.30. The number of para-hydroxylation sites is 1. The average molecular weight is 449 g/mol. The Hall–Kier alpha value is -4.79. The number of pyridine rings is 2. The van der Waals surface area contributed by atoms with Crippen molar-refractivity contribution in [3.63, 3.8) is 0 Å². The van der Waals surface area contributed by atoms with Crippen LogP contribution in [-0.2, 0) is 4.79 Å². The van der Waals surface area contributed by atoms with Gasteiger partial charge in [0, 0.05) is 34.7 Å². The van der Waals surface area contributed by atoms with Crippen LogP contribution >= 0.6 is 0 Å². The molecule has 1 amide bonds. The zero-order valence-corrected chi connectivity index (χ0v) is 18.2. The number of aromatic amines is 2. The number of carbonyl (C=O) groups excluding carboxylic acids is 1. The van der Waals surface area contributed by atoms with Gasteiger partial charge in [0.2, 0.25) is 5.91 Å². The van der Waals surface area contributed by atoms with Gasteiger partial charge in [0.1, 0.15) is 5.69 Å². The van der Waals surface area contributed by atoms with Crippen molar-refractivity contribution in [2.75, 3.05) is 5.32 Å². The van der Waals surface area contributed by atoms with Gasteiger partial charge in [-0.3, -0.25) is 19.9 Å². The highest BCUT2D eigenvalue weighted by Crippen LogP contribution is 2.32. The Morgan fingerprint density at radius 1 is 1.09 bits per heavy atom. The summed E-state index contributed by atoms with van der Waals surface area (Å²) in [7, 11) is 0. The van der Waals surface area contributed by atoms with Crippen LogP contribution < -0.4 is 5.32 Å². The quantitative estimate of drug-likeness (QED) is 0.333. The first-order valence-electron chi connectivity index (χ1n) is 10.8. The molecule has 0 radical (unpaired) electrons. The van der Waals surface area contributed by atoms with Crippen LogP contribution in [0, 0.1) is 0 Å². The lowest BCUT2D eigenvalue weighted by Crippen LogP contribution is -2.09. The van der Waals surface area contributed by atoms with Gasteiger partial charge in [-0.1, -0.05) is 19.1 Å². The Labute approximate surface area is 193 Å². The number of carbonyl (C=O) groups is 1. The minimum atomic E-state index is -0.0702. The van der Waals surface area contributed by atoms with Crippen molar-refractivity contribution in [3.8, 4) is 33.9 Å². The summed E-state index contributed by atoms with van der Waals surface area (Å²) in [6.07, 6.45) is 8.81. The number of benzene rings is 1. The highest BCUT2D eigenvalue weighted by Gasteiger charge is 2.16. The largest absolute Gasteiger partial charge is 0.472 e. The fourth-order valence-electron chi connectivity index (χ4n) is 3.95. The number of nitrogens with zero attached hydrogens (tertiary/aromatic N) is 4. The fraction of sp³-hybridized carbons (Fsp3) is 0.0800. The zero-order valence-electron chi connectivity index (χ0n) is 18.2. The molecule has 0 saturated carbocycles. The molecule has 9 nitrogen and oxygen atoms in total. The molecule has 0 fully saturated rings. The number of nitrogens with one attached hydrogen (secondary N) is 3. The summed E-state index contributed by atoms with van der Waals surface area (Å²) >= 11 is 0. The summed E-state index contributed by atoms with van der Waals surface area (Å²) in [4.78, 5) is 28.8. The lowest BCUT2D eigenvalue weighted by atomic mass is 10.1. The molecule has 9 heteroatoms. The third kappa shape index (κ3) is 3.39. The predicted octanol–water partition coefficient (Wildman–Crippen LogP) is 5.17. The van der Waals surface area contributed by atoms with Crippen LogP contribution in [0.4, 0.5) is 5.69 Å². The molecular formula is C25H19N7O2. The predicted molar refractivity (Wildman–Crippen MR) is 129 cm³/mol. The van der Waals surface area contributed by atoms with Gasteiger partial charge < -0.3 is 14.7 Å². The smallest absolute Gasteiger partial charge is 0.224 e. The maximum absolute atomic E-state index is 11.8. The number of hydrogen-bond donors (Lipinski definition) is 3. The first kappa shape index (κ1) is 19.9. The number of anilines is 1. The number of furan rings is 1. The average Bonchev–Trinajstić information content (AvgIpc) is 3.62. The standard InChI is InChI=1S/C25H19N7O2/c1-2-22(33)28-16-8-15(10-26-11-16)20-9-18-21(12-27-20)31-32-24(18)25-29-19-5-3-4-17(23(19)30-25)14-6-7-34-13-14/h3-13H,2H2,1H3,(H,28,33)(H,29,30)(H,31,32). The maximum Gasteiger partial charge on any atom is 0.224 e. The number of H-pyrrole nitrogens is 2. The van der Waals surface area contributed by atoms with Crippen molar-refractivity contribution in [3.05, 3.63) is 67.5 Å². The van der Waals surface area contributed by atoms with E-state index in [-0.39, 0.29) is 5.91 Å². The number of amides is 1. The van der Waals surface area contributed by atoms with Gasteiger partial charge in [-0.2, -0.15) is 5.10 Å². The Balaban J connectivity index is 1.43. The van der Waals surface area contributed by atoms with Crippen LogP contribution in [0.1, 0.15) is 13.3 Å². The van der Waals surface area contributed by atoms with E-state index in [1.807, 2.05) is 36.4 Å². The van der Waals surface area contributed by atoms with E-state index in [4.69, 9.17) is 9.40 Å². The lowest BCUT2D eigenvalue weighted by Gasteiger charge is -2.06. The van der Waals surface area contributed by atoms with Gasteiger partial charge in [0.05, 0.1) is 52.9 Å². The molecule has 0 saturated heterocycles. The second-order valence-electron chi connectivity index (χ2n) is 7.85. The highest BCUT2D eigenvalue weighted by molar-refractivity contribution is 5.98. The van der Waals surface area contributed by atoms with E-state index in [9.17, 15) is 4.79 Å². The second-order valence-corrected chi connectivity index (χ2v) is 7.85. The molecule has 0 bridgehead atoms. The molecule has 0 unspecified atom stereocenters. The van der Waals surface area contributed by atoms with E-state index < -0.39 is 0 Å². The summed E-state index contributed by atoms with van der Waals surface area (Å²) in [5.74, 6) is 0.579. The van der Waals surface area contributed by atoms with Crippen LogP contribution in [0.15, 0.2) is 71.9 Å². The van der Waals surface area contributed by atoms with Gasteiger partial charge in [0.15, 0.2) is 5.82 Å². The van der Waals surface area contributed by atoms with E-state index in [1.54, 1.807) is 38.0 Å². The Morgan fingerprint density at radius 3 is 2.88 bits per heavy atom. The molecular weight excluding hydrogens is 430 g/mol. The minimum Gasteiger partial charge on any atom is -0.472 e. The van der Waals surface area contributed by atoms with Crippen molar-refractivity contribution < 1.29 is 9.21 Å². The molecule has 0 aliphatic rings. The third-order valence-corrected chi connectivity index (χ3v) is 5.66. The minimum absolute atomic E-state index is 0.0702. The number of rotatable bonds is 5. The zero-order chi connectivity index (χ0) is 23.1. The van der Waals surface area contributed by atoms with Gasteiger partial charge >= 0.3 is 0 Å². The maximum atomic E-state index is 11.8. The molecule has 3 N–H and O–H groups in total. The molecule has 0 aliphatic carbocycles. The van der Waals surface area contributed by atoms with E-state index >= 15 is 0 Å². The summed E-state index contributed by atoms with van der Waals surface area (Å²) in [6.45, 7) is 1.80. The molecule has 0 aliphatic heterocycles. The Morgan fingerprint density at radius 2 is 2.03 bits per heavy atom. The van der Waals surface area contributed by atoms with Gasteiger partial charge in [-0.25, -0.2) is 4.98 Å².